The minimum absolute atomic E-state index is 0.0657. The maximum absolute atomic E-state index is 13.5. The van der Waals surface area contributed by atoms with Crippen LogP contribution in [0.4, 0.5) is 8.78 Å². The van der Waals surface area contributed by atoms with Gasteiger partial charge in [-0.05, 0) is 66.8 Å². The zero-order valence-electron chi connectivity index (χ0n) is 17.2. The number of carbonyl (C=O) groups excluding carboxylic acids is 1. The number of primary amides is 1. The van der Waals surface area contributed by atoms with Crippen LogP contribution in [-0.4, -0.2) is 28.6 Å². The molecule has 162 valence electrons. The smallest absolute Gasteiger partial charge is 0.217 e. The van der Waals surface area contributed by atoms with E-state index in [-0.39, 0.29) is 25.4 Å². The molecule has 0 fully saturated rings. The van der Waals surface area contributed by atoms with Gasteiger partial charge in [0, 0.05) is 37.0 Å². The Morgan fingerprint density at radius 2 is 2.00 bits per heavy atom. The molecule has 0 radical (unpaired) electrons. The standard InChI is InChI=1S/C23H29F2N3O2/c1-2-14-9-19-20(27-12-14)4-3-5-21(19)28-13-22(29)16(10-23(26)30)6-15-7-17(24)11-18(25)8-15/h7-9,11-12,16,21-22,28-29H,2-6,10,13H2,1H3,(H2,26,30)/t16?,21-,22?/m1/s1. The molecule has 0 saturated heterocycles. The first-order valence-electron chi connectivity index (χ1n) is 10.5. The van der Waals surface area contributed by atoms with Crippen LogP contribution >= 0.6 is 0 Å². The van der Waals surface area contributed by atoms with Crippen LogP contribution in [0.15, 0.2) is 30.5 Å². The first-order chi connectivity index (χ1) is 14.4. The van der Waals surface area contributed by atoms with Gasteiger partial charge in [-0.2, -0.15) is 0 Å². The average Bonchev–Trinajstić information content (AvgIpc) is 2.70. The normalized spacial score (nSPS) is 17.9. The summed E-state index contributed by atoms with van der Waals surface area (Å²) < 4.78 is 27.0. The number of fused-ring (bicyclic) bond motifs is 1. The van der Waals surface area contributed by atoms with E-state index in [9.17, 15) is 18.7 Å². The molecule has 0 spiro atoms. The van der Waals surface area contributed by atoms with E-state index in [0.29, 0.717) is 5.56 Å². The SMILES string of the molecule is CCc1cnc2c(c1)[C@H](NCC(O)C(CC(N)=O)Cc1cc(F)cc(F)c1)CCC2. The zero-order valence-corrected chi connectivity index (χ0v) is 17.2. The fourth-order valence-electron chi connectivity index (χ4n) is 4.16. The van der Waals surface area contributed by atoms with Gasteiger partial charge < -0.3 is 16.2 Å². The Morgan fingerprint density at radius 3 is 2.67 bits per heavy atom. The first kappa shape index (κ1) is 22.3. The Kier molecular flexibility index (Phi) is 7.50. The van der Waals surface area contributed by atoms with E-state index < -0.39 is 29.6 Å². The summed E-state index contributed by atoms with van der Waals surface area (Å²) in [6.45, 7) is 2.33. The van der Waals surface area contributed by atoms with E-state index in [1.807, 2.05) is 6.20 Å². The van der Waals surface area contributed by atoms with Crippen LogP contribution < -0.4 is 11.1 Å². The monoisotopic (exact) mass is 417 g/mol. The van der Waals surface area contributed by atoms with Crippen molar-refractivity contribution in [2.45, 2.75) is 57.6 Å². The second-order valence-corrected chi connectivity index (χ2v) is 8.07. The van der Waals surface area contributed by atoms with Crippen LogP contribution in [0.25, 0.3) is 0 Å². The number of aliphatic hydroxyl groups excluding tert-OH is 1. The number of pyridine rings is 1. The summed E-state index contributed by atoms with van der Waals surface area (Å²) in [6, 6.07) is 5.47. The predicted octanol–water partition coefficient (Wildman–Crippen LogP) is 2.98. The Balaban J connectivity index is 1.69. The second kappa shape index (κ2) is 10.1. The summed E-state index contributed by atoms with van der Waals surface area (Å²) in [5.74, 6) is -2.47. The summed E-state index contributed by atoms with van der Waals surface area (Å²) in [7, 11) is 0. The van der Waals surface area contributed by atoms with Crippen molar-refractivity contribution in [3.63, 3.8) is 0 Å². The van der Waals surface area contributed by atoms with Gasteiger partial charge in [0.05, 0.1) is 6.10 Å². The number of benzene rings is 1. The molecule has 3 atom stereocenters. The maximum Gasteiger partial charge on any atom is 0.217 e. The molecule has 1 aromatic carbocycles. The largest absolute Gasteiger partial charge is 0.391 e. The summed E-state index contributed by atoms with van der Waals surface area (Å²) >= 11 is 0. The molecule has 0 saturated carbocycles. The third kappa shape index (κ3) is 5.83. The Bertz CT molecular complexity index is 870. The van der Waals surface area contributed by atoms with Gasteiger partial charge in [0.15, 0.2) is 0 Å². The van der Waals surface area contributed by atoms with Gasteiger partial charge in [-0.25, -0.2) is 8.78 Å². The van der Waals surface area contributed by atoms with Crippen LogP contribution in [0.1, 0.15) is 54.6 Å². The molecule has 2 aromatic rings. The molecule has 1 heterocycles. The lowest BCUT2D eigenvalue weighted by molar-refractivity contribution is -0.119. The molecule has 3 rings (SSSR count). The Labute approximate surface area is 175 Å². The number of hydrogen-bond acceptors (Lipinski definition) is 4. The van der Waals surface area contributed by atoms with Crippen molar-refractivity contribution in [1.29, 1.82) is 0 Å². The lowest BCUT2D eigenvalue weighted by Crippen LogP contribution is -2.38. The van der Waals surface area contributed by atoms with Crippen LogP contribution in [0, 0.1) is 17.6 Å². The Hall–Kier alpha value is -2.38. The quantitative estimate of drug-likeness (QED) is 0.585. The van der Waals surface area contributed by atoms with Gasteiger partial charge in [0.25, 0.3) is 0 Å². The number of rotatable bonds is 9. The summed E-state index contributed by atoms with van der Waals surface area (Å²) in [5.41, 5.74) is 9.14. The van der Waals surface area contributed by atoms with Gasteiger partial charge in [-0.1, -0.05) is 13.0 Å². The second-order valence-electron chi connectivity index (χ2n) is 8.07. The third-order valence-electron chi connectivity index (χ3n) is 5.75. The van der Waals surface area contributed by atoms with E-state index in [1.54, 1.807) is 0 Å². The Morgan fingerprint density at radius 1 is 1.27 bits per heavy atom. The lowest BCUT2D eigenvalue weighted by Gasteiger charge is -2.29. The van der Waals surface area contributed by atoms with E-state index in [4.69, 9.17) is 5.73 Å². The first-order valence-corrected chi connectivity index (χ1v) is 10.5. The molecule has 1 aliphatic carbocycles. The van der Waals surface area contributed by atoms with Crippen molar-refractivity contribution < 1.29 is 18.7 Å². The molecule has 0 bridgehead atoms. The number of carbonyl (C=O) groups is 1. The number of aromatic nitrogens is 1. The van der Waals surface area contributed by atoms with Gasteiger partial charge in [0.2, 0.25) is 5.91 Å². The van der Waals surface area contributed by atoms with Crippen LogP contribution in [0.2, 0.25) is 0 Å². The van der Waals surface area contributed by atoms with Crippen molar-refractivity contribution in [3.05, 3.63) is 64.5 Å². The van der Waals surface area contributed by atoms with Crippen molar-refractivity contribution in [2.75, 3.05) is 6.54 Å². The highest BCUT2D eigenvalue weighted by molar-refractivity contribution is 5.74. The molecule has 1 amide bonds. The molecule has 1 aliphatic rings. The molecular weight excluding hydrogens is 388 g/mol. The zero-order chi connectivity index (χ0) is 21.7. The minimum Gasteiger partial charge on any atom is -0.391 e. The summed E-state index contributed by atoms with van der Waals surface area (Å²) in [4.78, 5) is 16.1. The van der Waals surface area contributed by atoms with E-state index in [1.165, 1.54) is 17.7 Å². The number of hydrogen-bond donors (Lipinski definition) is 3. The predicted molar refractivity (Wildman–Crippen MR) is 111 cm³/mol. The number of nitrogens with zero attached hydrogens (tertiary/aromatic N) is 1. The molecule has 5 nitrogen and oxygen atoms in total. The number of aryl methyl sites for hydroxylation is 2. The number of nitrogens with one attached hydrogen (secondary N) is 1. The summed E-state index contributed by atoms with van der Waals surface area (Å²) in [6.07, 6.45) is 4.90. The maximum atomic E-state index is 13.5. The van der Waals surface area contributed by atoms with Crippen LogP contribution in [0.5, 0.6) is 0 Å². The van der Waals surface area contributed by atoms with E-state index >= 15 is 0 Å². The van der Waals surface area contributed by atoms with Crippen molar-refractivity contribution in [2.24, 2.45) is 11.7 Å². The van der Waals surface area contributed by atoms with Gasteiger partial charge in [-0.3, -0.25) is 9.78 Å². The van der Waals surface area contributed by atoms with Gasteiger partial charge >= 0.3 is 0 Å². The topological polar surface area (TPSA) is 88.2 Å². The minimum atomic E-state index is -0.892. The highest BCUT2D eigenvalue weighted by Gasteiger charge is 2.26. The van der Waals surface area contributed by atoms with E-state index in [2.05, 4.69) is 23.3 Å². The van der Waals surface area contributed by atoms with Crippen LogP contribution in [-0.2, 0) is 24.1 Å². The molecule has 2 unspecified atom stereocenters. The number of amides is 1. The average molecular weight is 418 g/mol. The lowest BCUT2D eigenvalue weighted by atomic mass is 9.88. The fourth-order valence-corrected chi connectivity index (χ4v) is 4.16. The number of nitrogens with two attached hydrogens (primary N) is 1. The number of aliphatic hydroxyl groups is 1. The van der Waals surface area contributed by atoms with Crippen molar-refractivity contribution in [3.8, 4) is 0 Å². The highest BCUT2D eigenvalue weighted by Crippen LogP contribution is 2.29. The van der Waals surface area contributed by atoms with Crippen LogP contribution in [0.3, 0.4) is 0 Å². The summed E-state index contributed by atoms with van der Waals surface area (Å²) in [5, 5.41) is 14.2. The molecule has 30 heavy (non-hydrogen) atoms. The van der Waals surface area contributed by atoms with Gasteiger partial charge in [0.1, 0.15) is 11.6 Å². The van der Waals surface area contributed by atoms with Crippen molar-refractivity contribution >= 4 is 5.91 Å². The molecule has 4 N–H and O–H groups in total. The third-order valence-corrected chi connectivity index (χ3v) is 5.75. The van der Waals surface area contributed by atoms with E-state index in [0.717, 1.165) is 43.0 Å². The molecule has 7 heteroatoms. The fraction of sp³-hybridized carbons (Fsp3) is 0.478. The van der Waals surface area contributed by atoms with Crippen molar-refractivity contribution in [1.82, 2.24) is 10.3 Å². The molecule has 0 aliphatic heterocycles. The van der Waals surface area contributed by atoms with Gasteiger partial charge in [-0.15, -0.1) is 0 Å². The molecule has 1 aromatic heterocycles. The number of halogens is 2. The molecular formula is C23H29F2N3O2. The highest BCUT2D eigenvalue weighted by atomic mass is 19.1.